The predicted molar refractivity (Wildman–Crippen MR) is 89.3 cm³/mol. The van der Waals surface area contributed by atoms with Crippen molar-refractivity contribution in [2.24, 2.45) is 7.05 Å². The van der Waals surface area contributed by atoms with Gasteiger partial charge < -0.3 is 14.8 Å². The highest BCUT2D eigenvalue weighted by Gasteiger charge is 2.20. The van der Waals surface area contributed by atoms with Crippen LogP contribution in [0.1, 0.15) is 24.2 Å². The van der Waals surface area contributed by atoms with E-state index in [1.54, 1.807) is 0 Å². The maximum Gasteiger partial charge on any atom is 0.127 e. The first kappa shape index (κ1) is 14.6. The van der Waals surface area contributed by atoms with Gasteiger partial charge in [0.25, 0.3) is 0 Å². The average molecular weight is 349 g/mol. The lowest BCUT2D eigenvalue weighted by atomic mass is 10.2. The molecule has 0 bridgehead atoms. The number of benzene rings is 1. The van der Waals surface area contributed by atoms with Crippen LogP contribution in [0.25, 0.3) is 0 Å². The van der Waals surface area contributed by atoms with Crippen LogP contribution in [0.2, 0.25) is 0 Å². The average Bonchev–Trinajstić information content (AvgIpc) is 3.20. The van der Waals surface area contributed by atoms with Crippen LogP contribution in [0.15, 0.2) is 35.1 Å². The number of nitrogens with one attached hydrogen (secondary N) is 1. The smallest absolute Gasteiger partial charge is 0.127 e. The molecule has 112 valence electrons. The Balaban J connectivity index is 1.67. The lowest BCUT2D eigenvalue weighted by Crippen LogP contribution is -2.20. The third kappa shape index (κ3) is 3.66. The minimum atomic E-state index is 0.745. The van der Waals surface area contributed by atoms with Crippen molar-refractivity contribution in [2.75, 3.05) is 11.9 Å². The summed E-state index contributed by atoms with van der Waals surface area (Å²) in [5.74, 6) is 1.06. The molecule has 0 unspecified atom stereocenters. The van der Waals surface area contributed by atoms with Gasteiger partial charge >= 0.3 is 0 Å². The van der Waals surface area contributed by atoms with Crippen LogP contribution in [0.4, 0.5) is 5.69 Å². The van der Waals surface area contributed by atoms with Gasteiger partial charge in [-0.2, -0.15) is 0 Å². The summed E-state index contributed by atoms with van der Waals surface area (Å²) >= 11 is 3.70. The van der Waals surface area contributed by atoms with Crippen molar-refractivity contribution in [3.63, 3.8) is 0 Å². The Kier molecular flexibility index (Phi) is 4.31. The first-order valence-corrected chi connectivity index (χ1v) is 8.12. The number of imidazole rings is 1. The summed E-state index contributed by atoms with van der Waals surface area (Å²) in [6.45, 7) is 1.74. The van der Waals surface area contributed by atoms with Gasteiger partial charge in [-0.15, -0.1) is 0 Å². The van der Waals surface area contributed by atoms with E-state index in [4.69, 9.17) is 0 Å². The summed E-state index contributed by atoms with van der Waals surface area (Å²) in [6, 6.07) is 7.33. The summed E-state index contributed by atoms with van der Waals surface area (Å²) in [5.41, 5.74) is 2.51. The number of rotatable bonds is 6. The second-order valence-corrected chi connectivity index (χ2v) is 6.61. The number of aryl methyl sites for hydroxylation is 1. The molecule has 2 aromatic rings. The Morgan fingerprint density at radius 2 is 2.24 bits per heavy atom. The Labute approximate surface area is 134 Å². The molecule has 3 rings (SSSR count). The zero-order chi connectivity index (χ0) is 14.8. The predicted octanol–water partition coefficient (Wildman–Crippen LogP) is 3.07. The molecule has 1 heterocycles. The molecule has 1 aromatic heterocycles. The van der Waals surface area contributed by atoms with E-state index in [0.29, 0.717) is 0 Å². The molecule has 4 nitrogen and oxygen atoms in total. The maximum absolute atomic E-state index is 4.38. The molecule has 1 saturated carbocycles. The lowest BCUT2D eigenvalue weighted by Gasteiger charge is -2.21. The maximum atomic E-state index is 4.38. The van der Waals surface area contributed by atoms with E-state index in [9.17, 15) is 0 Å². The fraction of sp³-hybridized carbons (Fsp3) is 0.438. The molecule has 1 aromatic carbocycles. The van der Waals surface area contributed by atoms with Gasteiger partial charge in [0.05, 0.1) is 12.2 Å². The van der Waals surface area contributed by atoms with Crippen LogP contribution >= 0.6 is 15.9 Å². The standard InChI is InChI=1S/C16H21BrN4/c1-20-8-7-18-16(20)11-21(2)15-6-3-12(9-14(15)17)10-19-13-4-5-13/h3,6-9,13,19H,4-5,10-11H2,1-2H3. The van der Waals surface area contributed by atoms with Crippen LogP contribution in [-0.2, 0) is 20.1 Å². The Morgan fingerprint density at radius 3 is 2.86 bits per heavy atom. The monoisotopic (exact) mass is 348 g/mol. The van der Waals surface area contributed by atoms with Crippen molar-refractivity contribution in [2.45, 2.75) is 32.0 Å². The number of hydrogen-bond acceptors (Lipinski definition) is 3. The molecule has 5 heteroatoms. The van der Waals surface area contributed by atoms with Gasteiger partial charge in [-0.05, 0) is 46.5 Å². The van der Waals surface area contributed by atoms with Gasteiger partial charge in [0.1, 0.15) is 5.82 Å². The highest BCUT2D eigenvalue weighted by Crippen LogP contribution is 2.28. The Bertz CT molecular complexity index is 618. The van der Waals surface area contributed by atoms with Gasteiger partial charge in [-0.3, -0.25) is 0 Å². The van der Waals surface area contributed by atoms with Gasteiger partial charge in [0, 0.05) is 43.5 Å². The van der Waals surface area contributed by atoms with E-state index >= 15 is 0 Å². The molecule has 1 fully saturated rings. The molecule has 0 aliphatic heterocycles. The summed E-state index contributed by atoms with van der Waals surface area (Å²) in [7, 11) is 4.12. The van der Waals surface area contributed by atoms with Gasteiger partial charge in [0.2, 0.25) is 0 Å². The first-order valence-electron chi connectivity index (χ1n) is 7.32. The minimum Gasteiger partial charge on any atom is -0.366 e. The zero-order valence-corrected chi connectivity index (χ0v) is 14.1. The van der Waals surface area contributed by atoms with Crippen molar-refractivity contribution >= 4 is 21.6 Å². The zero-order valence-electron chi connectivity index (χ0n) is 12.5. The van der Waals surface area contributed by atoms with Crippen LogP contribution in [0, 0.1) is 0 Å². The van der Waals surface area contributed by atoms with E-state index in [1.165, 1.54) is 24.1 Å². The quantitative estimate of drug-likeness (QED) is 0.870. The van der Waals surface area contributed by atoms with E-state index in [2.05, 4.69) is 60.9 Å². The number of nitrogens with zero attached hydrogens (tertiary/aromatic N) is 3. The highest BCUT2D eigenvalue weighted by molar-refractivity contribution is 9.10. The number of halogens is 1. The van der Waals surface area contributed by atoms with Crippen LogP contribution in [-0.4, -0.2) is 22.6 Å². The summed E-state index contributed by atoms with van der Waals surface area (Å²) in [4.78, 5) is 6.59. The van der Waals surface area contributed by atoms with Crippen LogP contribution in [0.3, 0.4) is 0 Å². The fourth-order valence-corrected chi connectivity index (χ4v) is 3.09. The minimum absolute atomic E-state index is 0.745. The normalized spacial score (nSPS) is 14.4. The third-order valence-electron chi connectivity index (χ3n) is 3.90. The molecule has 0 amide bonds. The first-order chi connectivity index (χ1) is 10.1. The van der Waals surface area contributed by atoms with E-state index in [-0.39, 0.29) is 0 Å². The van der Waals surface area contributed by atoms with Crippen LogP contribution in [0.5, 0.6) is 0 Å². The molecule has 0 radical (unpaired) electrons. The van der Waals surface area contributed by atoms with Gasteiger partial charge in [0.15, 0.2) is 0 Å². The van der Waals surface area contributed by atoms with Crippen molar-refractivity contribution in [3.05, 3.63) is 46.5 Å². The van der Waals surface area contributed by atoms with Crippen LogP contribution < -0.4 is 10.2 Å². The third-order valence-corrected chi connectivity index (χ3v) is 4.53. The highest BCUT2D eigenvalue weighted by atomic mass is 79.9. The summed E-state index contributed by atoms with van der Waals surface area (Å²) in [5, 5.41) is 3.54. The number of hydrogen-bond donors (Lipinski definition) is 1. The van der Waals surface area contributed by atoms with Crippen molar-refractivity contribution in [1.29, 1.82) is 0 Å². The van der Waals surface area contributed by atoms with E-state index in [1.807, 2.05) is 19.4 Å². The molecule has 1 N–H and O–H groups in total. The Morgan fingerprint density at radius 1 is 1.43 bits per heavy atom. The molecule has 0 atom stereocenters. The van der Waals surface area contributed by atoms with E-state index < -0.39 is 0 Å². The van der Waals surface area contributed by atoms with Crippen molar-refractivity contribution in [1.82, 2.24) is 14.9 Å². The molecule has 1 aliphatic carbocycles. The second kappa shape index (κ2) is 6.20. The molecule has 0 saturated heterocycles. The molecule has 21 heavy (non-hydrogen) atoms. The Hall–Kier alpha value is -1.33. The number of anilines is 1. The van der Waals surface area contributed by atoms with Crippen molar-refractivity contribution < 1.29 is 0 Å². The molecular formula is C16H21BrN4. The van der Waals surface area contributed by atoms with Gasteiger partial charge in [-0.1, -0.05) is 6.07 Å². The molecule has 0 spiro atoms. The summed E-state index contributed by atoms with van der Waals surface area (Å²) in [6.07, 6.45) is 6.47. The number of aromatic nitrogens is 2. The topological polar surface area (TPSA) is 33.1 Å². The fourth-order valence-electron chi connectivity index (χ4n) is 2.37. The van der Waals surface area contributed by atoms with Gasteiger partial charge in [-0.25, -0.2) is 4.98 Å². The van der Waals surface area contributed by atoms with Crippen molar-refractivity contribution in [3.8, 4) is 0 Å². The SMILES string of the molecule is CN(Cc1nccn1C)c1ccc(CNC2CC2)cc1Br. The lowest BCUT2D eigenvalue weighted by molar-refractivity contribution is 0.687. The van der Waals surface area contributed by atoms with E-state index in [0.717, 1.165) is 29.4 Å². The molecular weight excluding hydrogens is 328 g/mol. The largest absolute Gasteiger partial charge is 0.366 e. The summed E-state index contributed by atoms with van der Waals surface area (Å²) < 4.78 is 3.19. The molecule has 1 aliphatic rings. The second-order valence-electron chi connectivity index (χ2n) is 5.75.